The van der Waals surface area contributed by atoms with Gasteiger partial charge in [0.2, 0.25) is 5.91 Å². The van der Waals surface area contributed by atoms with E-state index in [0.717, 1.165) is 9.87 Å². The minimum Gasteiger partial charge on any atom is -0.349 e. The van der Waals surface area contributed by atoms with Crippen LogP contribution in [-0.2, 0) is 15.0 Å². The fourth-order valence-corrected chi connectivity index (χ4v) is 3.95. The van der Waals surface area contributed by atoms with Gasteiger partial charge in [0.15, 0.2) is 0 Å². The van der Waals surface area contributed by atoms with Crippen molar-refractivity contribution in [2.24, 2.45) is 5.92 Å². The van der Waals surface area contributed by atoms with Crippen molar-refractivity contribution in [3.63, 3.8) is 0 Å². The minimum atomic E-state index is -3.51. The van der Waals surface area contributed by atoms with E-state index in [-0.39, 0.29) is 30.2 Å². The van der Waals surface area contributed by atoms with Crippen molar-refractivity contribution in [1.29, 1.82) is 0 Å². The van der Waals surface area contributed by atoms with Crippen molar-refractivity contribution in [2.45, 2.75) is 25.8 Å². The van der Waals surface area contributed by atoms with Gasteiger partial charge in [-0.2, -0.15) is 17.0 Å². The number of rotatable bonds is 5. The van der Waals surface area contributed by atoms with Gasteiger partial charge in [-0.05, 0) is 37.5 Å². The van der Waals surface area contributed by atoms with Gasteiger partial charge in [-0.3, -0.25) is 4.79 Å². The second-order valence-corrected chi connectivity index (χ2v) is 8.41. The lowest BCUT2D eigenvalue weighted by Gasteiger charge is -2.33. The molecule has 24 heavy (non-hydrogen) atoms. The summed E-state index contributed by atoms with van der Waals surface area (Å²) in [7, 11) is -0.543. The van der Waals surface area contributed by atoms with Gasteiger partial charge in [0.05, 0.1) is 12.0 Å². The van der Waals surface area contributed by atoms with E-state index in [1.54, 1.807) is 12.1 Å². The van der Waals surface area contributed by atoms with Crippen molar-refractivity contribution >= 4 is 16.1 Å². The van der Waals surface area contributed by atoms with Crippen molar-refractivity contribution in [3.05, 3.63) is 35.6 Å². The number of hydrogen-bond acceptors (Lipinski definition) is 3. The van der Waals surface area contributed by atoms with Crippen LogP contribution in [0, 0.1) is 11.7 Å². The standard InChI is InChI=1S/C16H24FN3O3S/c1-12(13-6-8-15(17)9-7-13)18-16(21)14-5-4-10-20(11-14)24(22,23)19(2)3/h6-9,12,14H,4-5,10-11H2,1-3H3,(H,18,21)/t12-,14+/m1/s1. The zero-order chi connectivity index (χ0) is 17.9. The SMILES string of the molecule is C[C@@H](NC(=O)[C@H]1CCCN(S(=O)(=O)N(C)C)C1)c1ccc(F)cc1. The summed E-state index contributed by atoms with van der Waals surface area (Å²) in [4.78, 5) is 12.5. The molecule has 1 aliphatic rings. The van der Waals surface area contributed by atoms with Gasteiger partial charge in [-0.1, -0.05) is 12.1 Å². The first-order chi connectivity index (χ1) is 11.2. The molecule has 0 spiro atoms. The van der Waals surface area contributed by atoms with Crippen molar-refractivity contribution in [2.75, 3.05) is 27.2 Å². The summed E-state index contributed by atoms with van der Waals surface area (Å²) >= 11 is 0. The minimum absolute atomic E-state index is 0.175. The third kappa shape index (κ3) is 4.31. The average molecular weight is 357 g/mol. The van der Waals surface area contributed by atoms with Crippen LogP contribution in [0.5, 0.6) is 0 Å². The van der Waals surface area contributed by atoms with E-state index in [0.29, 0.717) is 19.4 Å². The number of carbonyl (C=O) groups excluding carboxylic acids is 1. The maximum Gasteiger partial charge on any atom is 0.281 e. The van der Waals surface area contributed by atoms with Crippen LogP contribution < -0.4 is 5.32 Å². The fraction of sp³-hybridized carbons (Fsp3) is 0.562. The summed E-state index contributed by atoms with van der Waals surface area (Å²) in [6.07, 6.45) is 1.30. The second kappa shape index (κ2) is 7.58. The van der Waals surface area contributed by atoms with E-state index in [4.69, 9.17) is 0 Å². The maximum absolute atomic E-state index is 13.0. The average Bonchev–Trinajstić information content (AvgIpc) is 2.55. The number of halogens is 1. The Kier molecular flexibility index (Phi) is 5.95. The lowest BCUT2D eigenvalue weighted by Crippen LogP contribution is -2.49. The molecule has 1 N–H and O–H groups in total. The zero-order valence-corrected chi connectivity index (χ0v) is 15.0. The molecule has 1 saturated heterocycles. The van der Waals surface area contributed by atoms with Gasteiger partial charge in [-0.25, -0.2) is 4.39 Å². The molecule has 0 bridgehead atoms. The first-order valence-electron chi connectivity index (χ1n) is 7.95. The molecule has 0 saturated carbocycles. The molecule has 1 aliphatic heterocycles. The smallest absolute Gasteiger partial charge is 0.281 e. The van der Waals surface area contributed by atoms with Crippen LogP contribution in [0.15, 0.2) is 24.3 Å². The Morgan fingerprint density at radius 1 is 1.33 bits per heavy atom. The normalized spacial score (nSPS) is 20.8. The van der Waals surface area contributed by atoms with Crippen LogP contribution in [0.2, 0.25) is 0 Å². The molecule has 2 rings (SSSR count). The Hall–Kier alpha value is -1.51. The predicted octanol–water partition coefficient (Wildman–Crippen LogP) is 1.52. The third-order valence-electron chi connectivity index (χ3n) is 4.27. The number of nitrogens with one attached hydrogen (secondary N) is 1. The molecular weight excluding hydrogens is 333 g/mol. The molecule has 6 nitrogen and oxygen atoms in total. The number of piperidine rings is 1. The van der Waals surface area contributed by atoms with E-state index in [9.17, 15) is 17.6 Å². The first kappa shape index (κ1) is 18.8. The molecule has 1 aromatic carbocycles. The number of carbonyl (C=O) groups is 1. The molecule has 0 aromatic heterocycles. The Morgan fingerprint density at radius 2 is 1.96 bits per heavy atom. The van der Waals surface area contributed by atoms with Gasteiger partial charge in [0.1, 0.15) is 5.82 Å². The predicted molar refractivity (Wildman–Crippen MR) is 89.9 cm³/mol. The lowest BCUT2D eigenvalue weighted by molar-refractivity contribution is -0.126. The Morgan fingerprint density at radius 3 is 2.54 bits per heavy atom. The van der Waals surface area contributed by atoms with Gasteiger partial charge in [0.25, 0.3) is 10.2 Å². The number of nitrogens with zero attached hydrogens (tertiary/aromatic N) is 2. The van der Waals surface area contributed by atoms with Crippen molar-refractivity contribution < 1.29 is 17.6 Å². The summed E-state index contributed by atoms with van der Waals surface area (Å²) in [6, 6.07) is 5.70. The lowest BCUT2D eigenvalue weighted by atomic mass is 9.98. The van der Waals surface area contributed by atoms with E-state index in [1.165, 1.54) is 30.5 Å². The second-order valence-electron chi connectivity index (χ2n) is 6.27. The Labute approximate surface area is 142 Å². The van der Waals surface area contributed by atoms with Crippen LogP contribution in [0.1, 0.15) is 31.4 Å². The fourth-order valence-electron chi connectivity index (χ4n) is 2.76. The van der Waals surface area contributed by atoms with Crippen molar-refractivity contribution in [3.8, 4) is 0 Å². The summed E-state index contributed by atoms with van der Waals surface area (Å²) in [5.74, 6) is -0.879. The molecule has 1 heterocycles. The van der Waals surface area contributed by atoms with Gasteiger partial charge in [-0.15, -0.1) is 0 Å². The number of hydrogen-bond donors (Lipinski definition) is 1. The molecule has 1 aromatic rings. The van der Waals surface area contributed by atoms with Crippen LogP contribution in [0.4, 0.5) is 4.39 Å². The summed E-state index contributed by atoms with van der Waals surface area (Å²) < 4.78 is 39.9. The largest absolute Gasteiger partial charge is 0.349 e. The number of amides is 1. The molecule has 1 fully saturated rings. The van der Waals surface area contributed by atoms with Crippen molar-refractivity contribution in [1.82, 2.24) is 13.9 Å². The van der Waals surface area contributed by atoms with E-state index in [1.807, 2.05) is 6.92 Å². The number of benzene rings is 1. The molecule has 0 radical (unpaired) electrons. The monoisotopic (exact) mass is 357 g/mol. The van der Waals surface area contributed by atoms with Gasteiger partial charge in [0, 0.05) is 27.2 Å². The van der Waals surface area contributed by atoms with E-state index in [2.05, 4.69) is 5.32 Å². The van der Waals surface area contributed by atoms with E-state index < -0.39 is 10.2 Å². The molecule has 8 heteroatoms. The van der Waals surface area contributed by atoms with Gasteiger partial charge >= 0.3 is 0 Å². The van der Waals surface area contributed by atoms with Crippen LogP contribution in [-0.4, -0.2) is 50.1 Å². The highest BCUT2D eigenvalue weighted by molar-refractivity contribution is 7.86. The third-order valence-corrected chi connectivity index (χ3v) is 6.18. The quantitative estimate of drug-likeness (QED) is 0.869. The summed E-state index contributed by atoms with van der Waals surface area (Å²) in [5, 5.41) is 2.89. The zero-order valence-electron chi connectivity index (χ0n) is 14.2. The summed E-state index contributed by atoms with van der Waals surface area (Å²) in [6.45, 7) is 2.43. The van der Waals surface area contributed by atoms with E-state index >= 15 is 0 Å². The molecular formula is C16H24FN3O3S. The maximum atomic E-state index is 13.0. The topological polar surface area (TPSA) is 69.7 Å². The molecule has 134 valence electrons. The molecule has 2 atom stereocenters. The highest BCUT2D eigenvalue weighted by Gasteiger charge is 2.33. The Balaban J connectivity index is 2.00. The highest BCUT2D eigenvalue weighted by Crippen LogP contribution is 2.22. The van der Waals surface area contributed by atoms with Crippen LogP contribution in [0.3, 0.4) is 0 Å². The van der Waals surface area contributed by atoms with Crippen LogP contribution >= 0.6 is 0 Å². The van der Waals surface area contributed by atoms with Gasteiger partial charge < -0.3 is 5.32 Å². The highest BCUT2D eigenvalue weighted by atomic mass is 32.2. The van der Waals surface area contributed by atoms with Crippen LogP contribution in [0.25, 0.3) is 0 Å². The first-order valence-corrected chi connectivity index (χ1v) is 9.35. The summed E-state index contributed by atoms with van der Waals surface area (Å²) in [5.41, 5.74) is 0.804. The Bertz CT molecular complexity index is 676. The molecule has 0 aliphatic carbocycles. The molecule has 1 amide bonds. The molecule has 0 unspecified atom stereocenters.